The quantitative estimate of drug-likeness (QED) is 0.00957. The van der Waals surface area contributed by atoms with Crippen LogP contribution in [-0.2, 0) is 77.2 Å². The van der Waals surface area contributed by atoms with Crippen LogP contribution in [0.15, 0.2) is 200 Å². The number of carbonyl (C=O) groups excluding carboxylic acids is 1. The largest absolute Gasteiger partial charge is 0.370 e. The molecule has 35 N–H and O–H groups in total. The summed E-state index contributed by atoms with van der Waals surface area (Å²) in [7, 11) is 0. The zero-order valence-electron chi connectivity index (χ0n) is 89.7. The zero-order chi connectivity index (χ0) is 105. The topological polar surface area (TPSA) is 553 Å². The number of nitrogens with zero attached hydrogens (tertiary/aromatic N) is 9. The molecular weight excluding hydrogens is 1730 g/mol. The van der Waals surface area contributed by atoms with Gasteiger partial charge in [0, 0.05) is 97.2 Å². The lowest BCUT2D eigenvalue weighted by Crippen LogP contribution is -2.28. The number of hydrogen-bond acceptors (Lipinski definition) is 16. The van der Waals surface area contributed by atoms with Gasteiger partial charge >= 0.3 is 0 Å². The Hall–Kier alpha value is -10.7. The third-order valence-corrected chi connectivity index (χ3v) is 22.3. The van der Waals surface area contributed by atoms with Crippen molar-refractivity contribution in [2.75, 3.05) is 118 Å². The highest BCUT2D eigenvalue weighted by Gasteiger charge is 2.21. The molecule has 7 aromatic rings. The predicted octanol–water partition coefficient (Wildman–Crippen LogP) is 12.7. The van der Waals surface area contributed by atoms with E-state index in [1.807, 2.05) is 24.3 Å². The van der Waals surface area contributed by atoms with Crippen molar-refractivity contribution < 1.29 is 4.79 Å². The van der Waals surface area contributed by atoms with Gasteiger partial charge in [-0.25, -0.2) is 4.99 Å². The van der Waals surface area contributed by atoms with Gasteiger partial charge in [-0.3, -0.25) is 44.5 Å². The van der Waals surface area contributed by atoms with E-state index in [9.17, 15) is 4.79 Å². The van der Waals surface area contributed by atoms with Crippen molar-refractivity contribution in [3.63, 3.8) is 0 Å². The van der Waals surface area contributed by atoms with E-state index < -0.39 is 0 Å². The van der Waals surface area contributed by atoms with Crippen LogP contribution in [0.1, 0.15) is 286 Å². The lowest BCUT2D eigenvalue weighted by Gasteiger charge is -2.23. The van der Waals surface area contributed by atoms with Crippen LogP contribution in [-0.4, -0.2) is 174 Å². The maximum Gasteiger partial charge on any atom is 0.251 e. The first-order chi connectivity index (χ1) is 65.1. The second-order valence-electron chi connectivity index (χ2n) is 42.6. The lowest BCUT2D eigenvalue weighted by molar-refractivity contribution is 0.0953. The molecule has 139 heavy (non-hydrogen) atoms. The van der Waals surface area contributed by atoms with Crippen LogP contribution in [0.25, 0.3) is 0 Å². The van der Waals surface area contributed by atoms with Crippen LogP contribution in [0.4, 0.5) is 0 Å². The Morgan fingerprint density at radius 3 is 0.676 bits per heavy atom. The molecule has 29 heteroatoms. The molecule has 29 nitrogen and oxygen atoms in total. The van der Waals surface area contributed by atoms with E-state index in [2.05, 4.69) is 352 Å². The van der Waals surface area contributed by atoms with Crippen molar-refractivity contribution in [2.24, 2.45) is 122 Å². The second-order valence-corrected chi connectivity index (χ2v) is 42.6. The molecule has 0 spiro atoms. The first-order valence-electron chi connectivity index (χ1n) is 49.8. The summed E-state index contributed by atoms with van der Waals surface area (Å²) in [5.41, 5.74) is 105. The SMILES string of the molecule is CC(C)(C)c1ccc(C(=O)NCCCN=C(N)N)cc1.CC(C)(C)c1ccc(CN(CCCN)CCCN)cc1.CC(C)(C)c1ccc(CN(CCCN)CCCN=C(N)N)cc1.CC(C)(C)c1ccc(CN(CCCN=C(N)N)CCCN=C(N)N)cc1.CC(C)(C)c1ccc(CN=C(N)N)cc1.CC(C)(C)c1ccc(CNCCCN)cc1.CC(C)(C)c1ccc(CNCCCN=C(N)N)cc1. The average molecular weight is 1920 g/mol. The molecular formula is C110H192N28O. The molecule has 0 heterocycles. The van der Waals surface area contributed by atoms with Gasteiger partial charge in [-0.1, -0.05) is 303 Å². The minimum absolute atomic E-state index is 0.0739. The fourth-order valence-electron chi connectivity index (χ4n) is 13.7. The van der Waals surface area contributed by atoms with Crippen molar-refractivity contribution in [1.82, 2.24) is 30.7 Å². The van der Waals surface area contributed by atoms with Gasteiger partial charge in [-0.05, 0) is 239 Å². The van der Waals surface area contributed by atoms with Gasteiger partial charge in [0.25, 0.3) is 5.91 Å². The van der Waals surface area contributed by atoms with Crippen molar-refractivity contribution in [2.45, 2.75) is 280 Å². The van der Waals surface area contributed by atoms with Gasteiger partial charge in [0.15, 0.2) is 35.8 Å². The Labute approximate surface area is 840 Å². The molecule has 0 radical (unpaired) electrons. The Balaban J connectivity index is 0.000000816. The molecule has 0 aromatic heterocycles. The molecule has 0 unspecified atom stereocenters. The van der Waals surface area contributed by atoms with Gasteiger partial charge in [0.1, 0.15) is 0 Å². The zero-order valence-corrected chi connectivity index (χ0v) is 89.7. The van der Waals surface area contributed by atoms with Crippen LogP contribution < -0.4 is 108 Å². The molecule has 7 aromatic carbocycles. The first-order valence-corrected chi connectivity index (χ1v) is 49.8. The smallest absolute Gasteiger partial charge is 0.251 e. The number of nitrogens with two attached hydrogens (primary N) is 16. The third-order valence-electron chi connectivity index (χ3n) is 22.3. The molecule has 0 atom stereocenters. The maximum absolute atomic E-state index is 11.9. The van der Waals surface area contributed by atoms with Crippen LogP contribution in [0.3, 0.4) is 0 Å². The highest BCUT2D eigenvalue weighted by Crippen LogP contribution is 2.29. The van der Waals surface area contributed by atoms with E-state index in [0.29, 0.717) is 64.3 Å². The number of guanidine groups is 6. The number of amides is 1. The highest BCUT2D eigenvalue weighted by atomic mass is 16.1. The van der Waals surface area contributed by atoms with E-state index in [-0.39, 0.29) is 79.6 Å². The minimum Gasteiger partial charge on any atom is -0.370 e. The van der Waals surface area contributed by atoms with Gasteiger partial charge < -0.3 is 108 Å². The van der Waals surface area contributed by atoms with Crippen molar-refractivity contribution in [3.8, 4) is 0 Å². The normalized spacial score (nSPS) is 11.5. The number of carbonyl (C=O) groups is 1. The van der Waals surface area contributed by atoms with Crippen LogP contribution in [0, 0.1) is 0 Å². The van der Waals surface area contributed by atoms with Gasteiger partial charge in [0.05, 0.1) is 6.54 Å². The summed E-state index contributed by atoms with van der Waals surface area (Å²) in [6.45, 7) is 66.2. The van der Waals surface area contributed by atoms with Gasteiger partial charge in [0.2, 0.25) is 0 Å². The fourth-order valence-corrected chi connectivity index (χ4v) is 13.7. The molecule has 0 aliphatic carbocycles. The molecule has 7 rings (SSSR count). The first kappa shape index (κ1) is 126. The van der Waals surface area contributed by atoms with Crippen LogP contribution in [0.2, 0.25) is 0 Å². The molecule has 0 fully saturated rings. The minimum atomic E-state index is -0.0739. The molecule has 1 amide bonds. The van der Waals surface area contributed by atoms with Gasteiger partial charge in [-0.2, -0.15) is 0 Å². The predicted molar refractivity (Wildman–Crippen MR) is 598 cm³/mol. The number of benzene rings is 7. The van der Waals surface area contributed by atoms with E-state index >= 15 is 0 Å². The summed E-state index contributed by atoms with van der Waals surface area (Å²) in [6.07, 6.45) is 8.54. The number of nitrogens with one attached hydrogen (secondary N) is 3. The Bertz CT molecular complexity index is 4520. The average Bonchev–Trinajstić information content (AvgIpc) is 0.867. The summed E-state index contributed by atoms with van der Waals surface area (Å²) in [4.78, 5) is 43.1. The second kappa shape index (κ2) is 67.6. The Kier molecular flexibility index (Phi) is 61.4. The summed E-state index contributed by atoms with van der Waals surface area (Å²) < 4.78 is 0. The van der Waals surface area contributed by atoms with Crippen molar-refractivity contribution >= 4 is 41.7 Å². The van der Waals surface area contributed by atoms with E-state index in [4.69, 9.17) is 91.7 Å². The maximum atomic E-state index is 11.9. The number of aliphatic imine (C=N–C) groups is 6. The highest BCUT2D eigenvalue weighted by molar-refractivity contribution is 5.94. The molecule has 0 aliphatic rings. The van der Waals surface area contributed by atoms with E-state index in [1.54, 1.807) is 0 Å². The summed E-state index contributed by atoms with van der Waals surface area (Å²) in [5.74, 6) is 0.748. The van der Waals surface area contributed by atoms with E-state index in [1.165, 1.54) is 66.8 Å². The van der Waals surface area contributed by atoms with Gasteiger partial charge in [-0.15, -0.1) is 0 Å². The summed E-state index contributed by atoms with van der Waals surface area (Å²) >= 11 is 0. The molecule has 0 saturated carbocycles. The number of hydrogen-bond donors (Lipinski definition) is 19. The molecule has 778 valence electrons. The third kappa shape index (κ3) is 62.8. The monoisotopic (exact) mass is 1920 g/mol. The van der Waals surface area contributed by atoms with Crippen LogP contribution >= 0.6 is 0 Å². The molecule has 0 aliphatic heterocycles. The Morgan fingerprint density at radius 2 is 0.446 bits per heavy atom. The summed E-state index contributed by atoms with van der Waals surface area (Å²) in [6, 6.07) is 60.5. The lowest BCUT2D eigenvalue weighted by atomic mass is 9.86. The molecule has 0 bridgehead atoms. The number of rotatable bonds is 45. The van der Waals surface area contributed by atoms with Crippen LogP contribution in [0.5, 0.6) is 0 Å². The van der Waals surface area contributed by atoms with Crippen molar-refractivity contribution in [3.05, 3.63) is 248 Å². The standard InChI is InChI=1S/C19H35N7.C18H33N5.C17H31N3.C15H24N4O.C15H26N4.C14H24N2.C12H19N3/c1-19(2,3)16-8-6-15(7-9-16)14-26(12-4-10-24-17(20)21)13-5-11-25-18(22)23;1-18(2,3)16-8-6-15(7-9-16)14-23(12-4-10-19)13-5-11-22-17(20)21;1-17(2,3)16-8-6-15(7-9-16)14-20(12-4-10-18)13-5-11-19;1-15(2,3)12-7-5-11(6-8-12)13(20)18-9-4-10-19-14(16)17;1-15(2,3)13-7-5-12(6-8-13)11-18-9-4-10-19-14(16)17;1-14(2,3)13-7-5-12(6-8-13)11-16-10-4-9-15;1-12(2,3)10-6-4-9(5-7-10)8-15-11(13)14/h6-9H,4-5,10-14H2,1-3H3,(H4,20,21,24)(H4,22,23,25);6-9H,4-5,10-14,19H2,1-3H3,(H4,20,21,22);6-9H,4-5,10-14,18-19H2,1-3H3;5-8H,4,9-10H2,1-3H3,(H,18,20)(H4,16,17,19);5-8,18H,4,9-11H2,1-3H3,(H4,16,17,19);5-8,16H,4,9-11,15H2,1-3H3;4-7H,8H2,1-3H3,(H4,13,14,15). The summed E-state index contributed by atoms with van der Waals surface area (Å²) in [5, 5.41) is 9.60. The van der Waals surface area contributed by atoms with Crippen molar-refractivity contribution in [1.29, 1.82) is 0 Å². The fraction of sp³-hybridized carbons (Fsp3) is 0.555. The van der Waals surface area contributed by atoms with E-state index in [0.717, 1.165) is 162 Å². The Morgan fingerprint density at radius 1 is 0.245 bits per heavy atom. The molecule has 0 saturated heterocycles.